The largest absolute Gasteiger partial charge is 0.438 e. The van der Waals surface area contributed by atoms with E-state index in [9.17, 15) is 0 Å². The molecule has 4 rings (SSSR count). The van der Waals surface area contributed by atoms with Crippen molar-refractivity contribution in [3.8, 4) is 0 Å². The van der Waals surface area contributed by atoms with Crippen molar-refractivity contribution in [1.82, 2.24) is 9.97 Å². The number of para-hydroxylation sites is 1. The van der Waals surface area contributed by atoms with Crippen LogP contribution >= 0.6 is 0 Å². The number of hydrogen-bond donors (Lipinski definition) is 0. The van der Waals surface area contributed by atoms with Crippen molar-refractivity contribution in [1.29, 1.82) is 0 Å². The van der Waals surface area contributed by atoms with Crippen LogP contribution in [0.5, 0.6) is 0 Å². The highest BCUT2D eigenvalue weighted by Gasteiger charge is 2.15. The van der Waals surface area contributed by atoms with Gasteiger partial charge in [0.1, 0.15) is 11.9 Å². The molecule has 0 saturated carbocycles. The highest BCUT2D eigenvalue weighted by molar-refractivity contribution is 6.08. The highest BCUT2D eigenvalue weighted by atomic mass is 16.3. The first-order valence-corrected chi connectivity index (χ1v) is 6.43. The predicted octanol–water partition coefficient (Wildman–Crippen LogP) is 4.11. The van der Waals surface area contributed by atoms with Crippen LogP contribution in [-0.2, 0) is 0 Å². The maximum atomic E-state index is 5.78. The van der Waals surface area contributed by atoms with Gasteiger partial charge in [-0.3, -0.25) is 0 Å². The molecule has 0 bridgehead atoms. The van der Waals surface area contributed by atoms with Gasteiger partial charge in [-0.25, -0.2) is 9.97 Å². The second-order valence-corrected chi connectivity index (χ2v) is 4.64. The molecule has 2 heterocycles. The molecule has 19 heavy (non-hydrogen) atoms. The van der Waals surface area contributed by atoms with Gasteiger partial charge in [0.2, 0.25) is 5.71 Å². The molecule has 1 aliphatic carbocycles. The first-order chi connectivity index (χ1) is 9.43. The molecule has 2 aromatic heterocycles. The fourth-order valence-corrected chi connectivity index (χ4v) is 2.56. The third-order valence-electron chi connectivity index (χ3n) is 3.44. The first kappa shape index (κ1) is 10.5. The fourth-order valence-electron chi connectivity index (χ4n) is 2.56. The zero-order valence-electron chi connectivity index (χ0n) is 10.3. The second-order valence-electron chi connectivity index (χ2n) is 4.64. The third kappa shape index (κ3) is 1.58. The number of furan rings is 1. The molecular formula is C16H12N2O. The van der Waals surface area contributed by atoms with Crippen molar-refractivity contribution < 1.29 is 4.42 Å². The van der Waals surface area contributed by atoms with Gasteiger partial charge in [-0.2, -0.15) is 0 Å². The van der Waals surface area contributed by atoms with Crippen molar-refractivity contribution in [2.45, 2.75) is 12.8 Å². The number of aromatic nitrogens is 2. The van der Waals surface area contributed by atoms with E-state index in [4.69, 9.17) is 4.42 Å². The quantitative estimate of drug-likeness (QED) is 0.650. The summed E-state index contributed by atoms with van der Waals surface area (Å²) in [5, 5.41) is 2.09. The first-order valence-electron chi connectivity index (χ1n) is 6.43. The average molecular weight is 248 g/mol. The van der Waals surface area contributed by atoms with Crippen LogP contribution in [0.1, 0.15) is 18.5 Å². The molecule has 0 saturated heterocycles. The summed E-state index contributed by atoms with van der Waals surface area (Å²) in [6, 6.07) is 8.00. The minimum absolute atomic E-state index is 0.658. The molecule has 0 fully saturated rings. The molecule has 92 valence electrons. The van der Waals surface area contributed by atoms with Crippen molar-refractivity contribution >= 4 is 27.6 Å². The molecule has 0 N–H and O–H groups in total. The van der Waals surface area contributed by atoms with Crippen LogP contribution in [0.15, 0.2) is 53.2 Å². The van der Waals surface area contributed by atoms with Crippen LogP contribution in [0.2, 0.25) is 0 Å². The summed E-state index contributed by atoms with van der Waals surface area (Å²) in [7, 11) is 0. The Balaban J connectivity index is 2.10. The number of rotatable bonds is 1. The van der Waals surface area contributed by atoms with Crippen molar-refractivity contribution in [3.63, 3.8) is 0 Å². The molecule has 0 unspecified atom stereocenters. The molecule has 1 aromatic carbocycles. The normalized spacial score (nSPS) is 15.1. The van der Waals surface area contributed by atoms with E-state index in [0.29, 0.717) is 5.71 Å². The summed E-state index contributed by atoms with van der Waals surface area (Å²) in [4.78, 5) is 8.71. The van der Waals surface area contributed by atoms with E-state index in [0.717, 1.165) is 40.5 Å². The van der Waals surface area contributed by atoms with Gasteiger partial charge in [0.25, 0.3) is 0 Å². The molecule has 3 heteroatoms. The van der Waals surface area contributed by atoms with Crippen molar-refractivity contribution in [2.75, 3.05) is 0 Å². The molecule has 3 aromatic rings. The lowest BCUT2D eigenvalue weighted by Crippen LogP contribution is -1.92. The molecule has 0 aliphatic heterocycles. The summed E-state index contributed by atoms with van der Waals surface area (Å²) in [6.45, 7) is 0. The predicted molar refractivity (Wildman–Crippen MR) is 75.7 cm³/mol. The van der Waals surface area contributed by atoms with E-state index in [-0.39, 0.29) is 0 Å². The standard InChI is InChI=1S/C16H12N2O/c1-2-6-11(7-3-1)15-14-12-8-4-5-9-13(12)19-16(14)18-10-17-15/h2,4-10H,1,3H2. The Kier molecular flexibility index (Phi) is 2.24. The zero-order chi connectivity index (χ0) is 12.7. The number of allylic oxidation sites excluding steroid dienone is 4. The number of hydrogen-bond acceptors (Lipinski definition) is 3. The number of nitrogens with zero attached hydrogens (tertiary/aromatic N) is 2. The molecule has 0 atom stereocenters. The Morgan fingerprint density at radius 2 is 2.00 bits per heavy atom. The van der Waals surface area contributed by atoms with Crippen molar-refractivity contribution in [3.05, 3.63) is 54.5 Å². The summed E-state index contributed by atoms with van der Waals surface area (Å²) in [5.74, 6) is 0. The maximum Gasteiger partial charge on any atom is 0.230 e. The van der Waals surface area contributed by atoms with Gasteiger partial charge in [-0.1, -0.05) is 36.4 Å². The van der Waals surface area contributed by atoms with Gasteiger partial charge in [-0.15, -0.1) is 0 Å². The lowest BCUT2D eigenvalue weighted by atomic mass is 10.0. The van der Waals surface area contributed by atoms with Gasteiger partial charge in [-0.05, 0) is 24.5 Å². The fraction of sp³-hybridized carbons (Fsp3) is 0.125. The maximum absolute atomic E-state index is 5.78. The van der Waals surface area contributed by atoms with E-state index >= 15 is 0 Å². The molecule has 1 aliphatic rings. The van der Waals surface area contributed by atoms with Crippen LogP contribution in [-0.4, -0.2) is 9.97 Å². The van der Waals surface area contributed by atoms with Gasteiger partial charge in [0.05, 0.1) is 11.1 Å². The van der Waals surface area contributed by atoms with Crippen molar-refractivity contribution in [2.24, 2.45) is 0 Å². The summed E-state index contributed by atoms with van der Waals surface area (Å²) in [5.41, 5.74) is 3.64. The Morgan fingerprint density at radius 1 is 1.05 bits per heavy atom. The van der Waals surface area contributed by atoms with E-state index in [2.05, 4.69) is 34.3 Å². The molecule has 0 spiro atoms. The van der Waals surface area contributed by atoms with Crippen LogP contribution < -0.4 is 0 Å². The summed E-state index contributed by atoms with van der Waals surface area (Å²) >= 11 is 0. The zero-order valence-corrected chi connectivity index (χ0v) is 10.3. The van der Waals surface area contributed by atoms with Crippen LogP contribution in [0.4, 0.5) is 0 Å². The van der Waals surface area contributed by atoms with Gasteiger partial charge in [0, 0.05) is 5.39 Å². The highest BCUT2D eigenvalue weighted by Crippen LogP contribution is 2.33. The summed E-state index contributed by atoms with van der Waals surface area (Å²) < 4.78 is 5.78. The molecule has 0 amide bonds. The number of fused-ring (bicyclic) bond motifs is 3. The van der Waals surface area contributed by atoms with E-state index in [1.54, 1.807) is 6.33 Å². The van der Waals surface area contributed by atoms with Crippen LogP contribution in [0.3, 0.4) is 0 Å². The average Bonchev–Trinajstić information content (AvgIpc) is 2.86. The van der Waals surface area contributed by atoms with Crippen LogP contribution in [0, 0.1) is 0 Å². The molecular weight excluding hydrogens is 236 g/mol. The minimum Gasteiger partial charge on any atom is -0.438 e. The Labute approximate surface area is 110 Å². The Morgan fingerprint density at radius 3 is 2.89 bits per heavy atom. The SMILES string of the molecule is C1=CC(c2ncnc3oc4ccccc4c23)=CCC1. The van der Waals surface area contributed by atoms with Gasteiger partial charge < -0.3 is 4.42 Å². The van der Waals surface area contributed by atoms with E-state index in [1.165, 1.54) is 0 Å². The summed E-state index contributed by atoms with van der Waals surface area (Å²) in [6.07, 6.45) is 10.3. The van der Waals surface area contributed by atoms with Crippen LogP contribution in [0.25, 0.3) is 27.6 Å². The smallest absolute Gasteiger partial charge is 0.230 e. The van der Waals surface area contributed by atoms with Gasteiger partial charge >= 0.3 is 0 Å². The number of benzene rings is 1. The topological polar surface area (TPSA) is 38.9 Å². The molecule has 0 radical (unpaired) electrons. The van der Waals surface area contributed by atoms with E-state index < -0.39 is 0 Å². The lowest BCUT2D eigenvalue weighted by molar-refractivity contribution is 0.652. The Hall–Kier alpha value is -2.42. The molecule has 3 nitrogen and oxygen atoms in total. The monoisotopic (exact) mass is 248 g/mol. The van der Waals surface area contributed by atoms with E-state index in [1.807, 2.05) is 18.2 Å². The third-order valence-corrected chi connectivity index (χ3v) is 3.44. The Bertz CT molecular complexity index is 827. The van der Waals surface area contributed by atoms with Gasteiger partial charge in [0.15, 0.2) is 0 Å². The second kappa shape index (κ2) is 4.05. The minimum atomic E-state index is 0.658. The lowest BCUT2D eigenvalue weighted by Gasteiger charge is -2.06.